The standard InChI is InChI=1S/C16H25N3O2/c1-3-4-11-18(12-14-8-6-10-17-14)16-13(2)7-5-9-15(16)19(20)21/h5,7,9,14,17H,3-4,6,8,10-12H2,1-2H3. The van der Waals surface area contributed by atoms with E-state index < -0.39 is 0 Å². The molecule has 1 atom stereocenters. The lowest BCUT2D eigenvalue weighted by atomic mass is 10.1. The molecule has 1 aliphatic heterocycles. The van der Waals surface area contributed by atoms with E-state index in [0.717, 1.165) is 50.1 Å². The zero-order valence-electron chi connectivity index (χ0n) is 13.0. The molecule has 1 fully saturated rings. The van der Waals surface area contributed by atoms with Gasteiger partial charge in [0, 0.05) is 25.2 Å². The van der Waals surface area contributed by atoms with Crippen molar-refractivity contribution in [3.8, 4) is 0 Å². The second-order valence-corrected chi connectivity index (χ2v) is 5.79. The first-order valence-electron chi connectivity index (χ1n) is 7.85. The van der Waals surface area contributed by atoms with Crippen LogP contribution in [0.25, 0.3) is 0 Å². The fourth-order valence-electron chi connectivity index (χ4n) is 3.02. The molecule has 0 amide bonds. The van der Waals surface area contributed by atoms with Crippen molar-refractivity contribution in [1.82, 2.24) is 5.32 Å². The molecule has 2 rings (SSSR count). The Bertz CT molecular complexity index is 484. The third-order valence-corrected chi connectivity index (χ3v) is 4.11. The Kier molecular flexibility index (Phi) is 5.56. The molecule has 0 saturated carbocycles. The van der Waals surface area contributed by atoms with Crippen LogP contribution in [0.1, 0.15) is 38.2 Å². The highest BCUT2D eigenvalue weighted by molar-refractivity contribution is 5.67. The molecule has 0 aliphatic carbocycles. The van der Waals surface area contributed by atoms with Gasteiger partial charge in [-0.1, -0.05) is 25.5 Å². The van der Waals surface area contributed by atoms with Crippen molar-refractivity contribution in [1.29, 1.82) is 0 Å². The molecule has 5 nitrogen and oxygen atoms in total. The van der Waals surface area contributed by atoms with Gasteiger partial charge in [0.05, 0.1) is 4.92 Å². The number of rotatable bonds is 7. The molecule has 1 aromatic carbocycles. The van der Waals surface area contributed by atoms with E-state index in [-0.39, 0.29) is 10.6 Å². The van der Waals surface area contributed by atoms with Crippen LogP contribution in [0.3, 0.4) is 0 Å². The average Bonchev–Trinajstić information content (AvgIpc) is 2.96. The largest absolute Gasteiger partial charge is 0.364 e. The summed E-state index contributed by atoms with van der Waals surface area (Å²) in [5.74, 6) is 0. The number of hydrogen-bond donors (Lipinski definition) is 1. The maximum atomic E-state index is 11.4. The summed E-state index contributed by atoms with van der Waals surface area (Å²) in [6.45, 7) is 6.90. The van der Waals surface area contributed by atoms with E-state index in [1.165, 1.54) is 6.42 Å². The van der Waals surface area contributed by atoms with Crippen molar-refractivity contribution < 1.29 is 4.92 Å². The third kappa shape index (κ3) is 3.94. The van der Waals surface area contributed by atoms with Gasteiger partial charge in [0.2, 0.25) is 0 Å². The lowest BCUT2D eigenvalue weighted by Gasteiger charge is -2.28. The summed E-state index contributed by atoms with van der Waals surface area (Å²) in [4.78, 5) is 13.3. The van der Waals surface area contributed by atoms with Gasteiger partial charge in [-0.3, -0.25) is 10.1 Å². The first-order valence-corrected chi connectivity index (χ1v) is 7.85. The van der Waals surface area contributed by atoms with Crippen LogP contribution in [0.15, 0.2) is 18.2 Å². The van der Waals surface area contributed by atoms with Gasteiger partial charge in [-0.15, -0.1) is 0 Å². The highest BCUT2D eigenvalue weighted by Gasteiger charge is 2.24. The van der Waals surface area contributed by atoms with Crippen LogP contribution in [0, 0.1) is 17.0 Å². The Hall–Kier alpha value is -1.62. The van der Waals surface area contributed by atoms with Gasteiger partial charge in [0.25, 0.3) is 5.69 Å². The van der Waals surface area contributed by atoms with E-state index in [1.807, 2.05) is 13.0 Å². The Morgan fingerprint density at radius 1 is 1.48 bits per heavy atom. The number of nitro groups is 1. The molecule has 0 radical (unpaired) electrons. The van der Waals surface area contributed by atoms with E-state index in [9.17, 15) is 10.1 Å². The van der Waals surface area contributed by atoms with Gasteiger partial charge in [0.15, 0.2) is 0 Å². The molecule has 0 aromatic heterocycles. The summed E-state index contributed by atoms with van der Waals surface area (Å²) in [5, 5.41) is 14.8. The lowest BCUT2D eigenvalue weighted by molar-refractivity contribution is -0.384. The minimum absolute atomic E-state index is 0.226. The number of aryl methyl sites for hydroxylation is 1. The van der Waals surface area contributed by atoms with E-state index in [4.69, 9.17) is 0 Å². The molecule has 0 bridgehead atoms. The maximum Gasteiger partial charge on any atom is 0.292 e. The van der Waals surface area contributed by atoms with Gasteiger partial charge in [0.1, 0.15) is 5.69 Å². The fraction of sp³-hybridized carbons (Fsp3) is 0.625. The van der Waals surface area contributed by atoms with Crippen molar-refractivity contribution in [2.45, 2.75) is 45.6 Å². The van der Waals surface area contributed by atoms with E-state index in [2.05, 4.69) is 17.1 Å². The van der Waals surface area contributed by atoms with Crippen molar-refractivity contribution in [2.75, 3.05) is 24.5 Å². The zero-order chi connectivity index (χ0) is 15.2. The second kappa shape index (κ2) is 7.41. The summed E-state index contributed by atoms with van der Waals surface area (Å²) in [7, 11) is 0. The predicted octanol–water partition coefficient (Wildman–Crippen LogP) is 3.26. The summed E-state index contributed by atoms with van der Waals surface area (Å²) < 4.78 is 0. The molecular weight excluding hydrogens is 266 g/mol. The summed E-state index contributed by atoms with van der Waals surface area (Å²) in [5.41, 5.74) is 2.01. The molecule has 1 aromatic rings. The smallest absolute Gasteiger partial charge is 0.292 e. The number of para-hydroxylation sites is 1. The lowest BCUT2D eigenvalue weighted by Crippen LogP contribution is -2.38. The van der Waals surface area contributed by atoms with Crippen molar-refractivity contribution in [2.24, 2.45) is 0 Å². The average molecular weight is 291 g/mol. The van der Waals surface area contributed by atoms with E-state index in [0.29, 0.717) is 6.04 Å². The number of nitrogens with zero attached hydrogens (tertiary/aromatic N) is 2. The molecule has 116 valence electrons. The number of anilines is 1. The number of unbranched alkanes of at least 4 members (excludes halogenated alkanes) is 1. The van der Waals surface area contributed by atoms with Crippen molar-refractivity contribution in [3.05, 3.63) is 33.9 Å². The summed E-state index contributed by atoms with van der Waals surface area (Å²) in [6, 6.07) is 5.79. The predicted molar refractivity (Wildman–Crippen MR) is 86.0 cm³/mol. The monoisotopic (exact) mass is 291 g/mol. The van der Waals surface area contributed by atoms with Gasteiger partial charge in [-0.25, -0.2) is 0 Å². The van der Waals surface area contributed by atoms with Crippen LogP contribution in [0.2, 0.25) is 0 Å². The highest BCUT2D eigenvalue weighted by Crippen LogP contribution is 2.32. The van der Waals surface area contributed by atoms with Gasteiger partial charge in [-0.2, -0.15) is 0 Å². The first-order chi connectivity index (χ1) is 10.1. The molecule has 1 unspecified atom stereocenters. The minimum Gasteiger partial charge on any atom is -0.364 e. The van der Waals surface area contributed by atoms with Gasteiger partial charge >= 0.3 is 0 Å². The Balaban J connectivity index is 2.28. The molecule has 21 heavy (non-hydrogen) atoms. The first kappa shape index (κ1) is 15.8. The van der Waals surface area contributed by atoms with Gasteiger partial charge < -0.3 is 10.2 Å². The van der Waals surface area contributed by atoms with Crippen LogP contribution < -0.4 is 10.2 Å². The van der Waals surface area contributed by atoms with Crippen molar-refractivity contribution >= 4 is 11.4 Å². The number of benzene rings is 1. The van der Waals surface area contributed by atoms with Crippen molar-refractivity contribution in [3.63, 3.8) is 0 Å². The third-order valence-electron chi connectivity index (χ3n) is 4.11. The number of hydrogen-bond acceptors (Lipinski definition) is 4. The summed E-state index contributed by atoms with van der Waals surface area (Å²) in [6.07, 6.45) is 4.50. The molecule has 1 aliphatic rings. The van der Waals surface area contributed by atoms with Crippen LogP contribution in [-0.2, 0) is 0 Å². The Morgan fingerprint density at radius 2 is 2.29 bits per heavy atom. The molecule has 1 heterocycles. The molecular formula is C16H25N3O2. The SMILES string of the molecule is CCCCN(CC1CCCN1)c1c(C)cccc1[N+](=O)[O-]. The maximum absolute atomic E-state index is 11.4. The topological polar surface area (TPSA) is 58.4 Å². The van der Waals surface area contributed by atoms with Crippen LogP contribution in [-0.4, -0.2) is 30.6 Å². The van der Waals surface area contributed by atoms with Gasteiger partial charge in [-0.05, 0) is 38.3 Å². The van der Waals surface area contributed by atoms with E-state index >= 15 is 0 Å². The minimum atomic E-state index is -0.261. The zero-order valence-corrected chi connectivity index (χ0v) is 13.0. The molecule has 0 spiro atoms. The number of nitro benzene ring substituents is 1. The second-order valence-electron chi connectivity index (χ2n) is 5.79. The van der Waals surface area contributed by atoms with E-state index in [1.54, 1.807) is 12.1 Å². The molecule has 1 saturated heterocycles. The highest BCUT2D eigenvalue weighted by atomic mass is 16.6. The normalized spacial score (nSPS) is 17.9. The van der Waals surface area contributed by atoms with Crippen LogP contribution in [0.5, 0.6) is 0 Å². The van der Waals surface area contributed by atoms with Crippen LogP contribution in [0.4, 0.5) is 11.4 Å². The fourth-order valence-corrected chi connectivity index (χ4v) is 3.02. The quantitative estimate of drug-likeness (QED) is 0.619. The Morgan fingerprint density at radius 3 is 2.90 bits per heavy atom. The molecule has 1 N–H and O–H groups in total. The summed E-state index contributed by atoms with van der Waals surface area (Å²) >= 11 is 0. The Labute approximate surface area is 126 Å². The van der Waals surface area contributed by atoms with Crippen LogP contribution >= 0.6 is 0 Å². The molecule has 5 heteroatoms. The number of nitrogens with one attached hydrogen (secondary N) is 1.